The lowest BCUT2D eigenvalue weighted by atomic mass is 10.1. The van der Waals surface area contributed by atoms with E-state index in [-0.39, 0.29) is 22.9 Å². The van der Waals surface area contributed by atoms with Crippen LogP contribution in [0.25, 0.3) is 0 Å². The fraction of sp³-hybridized carbons (Fsp3) is 0.182. The largest absolute Gasteiger partial charge is 0.445 e. The maximum Gasteiger partial charge on any atom is 0.445 e. The van der Waals surface area contributed by atoms with E-state index in [1.54, 1.807) is 24.3 Å². The van der Waals surface area contributed by atoms with Crippen molar-refractivity contribution in [3.8, 4) is 0 Å². The van der Waals surface area contributed by atoms with Crippen molar-refractivity contribution < 1.29 is 18.0 Å². The predicted octanol–water partition coefficient (Wildman–Crippen LogP) is 3.39. The molecular formula is C11H7ClF3N3OS. The van der Waals surface area contributed by atoms with Gasteiger partial charge < -0.3 is 5.32 Å². The first-order valence-corrected chi connectivity index (χ1v) is 6.49. The normalized spacial score (nSPS) is 11.4. The number of nitrogens with one attached hydrogen (secondary N) is 1. The molecule has 0 fully saturated rings. The average molecular weight is 322 g/mol. The smallest absolute Gasteiger partial charge is 0.300 e. The van der Waals surface area contributed by atoms with Crippen LogP contribution < -0.4 is 5.32 Å². The number of carbonyl (C=O) groups excluding carboxylic acids is 1. The van der Waals surface area contributed by atoms with Gasteiger partial charge in [-0.2, -0.15) is 13.2 Å². The molecule has 106 valence electrons. The van der Waals surface area contributed by atoms with Gasteiger partial charge in [0.2, 0.25) is 16.0 Å². The monoisotopic (exact) mass is 321 g/mol. The Labute approximate surface area is 120 Å². The van der Waals surface area contributed by atoms with E-state index >= 15 is 0 Å². The highest BCUT2D eigenvalue weighted by molar-refractivity contribution is 7.15. The van der Waals surface area contributed by atoms with Crippen LogP contribution in [-0.2, 0) is 17.4 Å². The van der Waals surface area contributed by atoms with E-state index < -0.39 is 17.1 Å². The molecule has 1 aromatic heterocycles. The van der Waals surface area contributed by atoms with Crippen LogP contribution in [0.2, 0.25) is 5.02 Å². The molecule has 4 nitrogen and oxygen atoms in total. The molecule has 1 heterocycles. The van der Waals surface area contributed by atoms with Gasteiger partial charge in [0, 0.05) is 5.02 Å². The number of halogens is 4. The summed E-state index contributed by atoms with van der Waals surface area (Å²) in [5.41, 5.74) is 0.649. The lowest BCUT2D eigenvalue weighted by Crippen LogP contribution is -2.14. The lowest BCUT2D eigenvalue weighted by Gasteiger charge is -2.02. The highest BCUT2D eigenvalue weighted by Gasteiger charge is 2.35. The number of hydrogen-bond acceptors (Lipinski definition) is 4. The maximum atomic E-state index is 12.3. The van der Waals surface area contributed by atoms with Crippen molar-refractivity contribution in [2.45, 2.75) is 12.6 Å². The van der Waals surface area contributed by atoms with Crippen molar-refractivity contribution in [2.24, 2.45) is 0 Å². The number of hydrogen-bond donors (Lipinski definition) is 1. The van der Waals surface area contributed by atoms with Gasteiger partial charge in [0.15, 0.2) is 0 Å². The summed E-state index contributed by atoms with van der Waals surface area (Å²) in [5, 5.41) is 7.69. The molecule has 1 amide bonds. The van der Waals surface area contributed by atoms with Crippen molar-refractivity contribution in [3.05, 3.63) is 39.9 Å². The Hall–Kier alpha value is -1.67. The number of rotatable bonds is 3. The summed E-state index contributed by atoms with van der Waals surface area (Å²) in [5.74, 6) is -0.489. The number of aromatic nitrogens is 2. The molecule has 9 heteroatoms. The third-order valence-electron chi connectivity index (χ3n) is 2.17. The van der Waals surface area contributed by atoms with Crippen LogP contribution in [0, 0.1) is 0 Å². The summed E-state index contributed by atoms with van der Waals surface area (Å²) < 4.78 is 36.9. The molecule has 0 aliphatic carbocycles. The van der Waals surface area contributed by atoms with Gasteiger partial charge in [0.05, 0.1) is 6.42 Å². The molecule has 2 rings (SSSR count). The molecule has 0 spiro atoms. The molecule has 2 aromatic rings. The summed E-state index contributed by atoms with van der Waals surface area (Å²) in [6.07, 6.45) is -4.57. The molecule has 0 aliphatic heterocycles. The average Bonchev–Trinajstić information content (AvgIpc) is 2.76. The number of benzene rings is 1. The van der Waals surface area contributed by atoms with E-state index in [9.17, 15) is 18.0 Å². The van der Waals surface area contributed by atoms with Crippen molar-refractivity contribution in [1.82, 2.24) is 10.2 Å². The fourth-order valence-electron chi connectivity index (χ4n) is 1.38. The van der Waals surface area contributed by atoms with E-state index in [1.165, 1.54) is 0 Å². The van der Waals surface area contributed by atoms with Crippen LogP contribution in [0.5, 0.6) is 0 Å². The zero-order valence-corrected chi connectivity index (χ0v) is 11.3. The second kappa shape index (κ2) is 5.76. The molecule has 0 aliphatic rings. The van der Waals surface area contributed by atoms with E-state index in [0.717, 1.165) is 0 Å². The molecule has 20 heavy (non-hydrogen) atoms. The number of amides is 1. The Morgan fingerprint density at radius 3 is 2.70 bits per heavy atom. The summed E-state index contributed by atoms with van der Waals surface area (Å²) in [7, 11) is 0. The van der Waals surface area contributed by atoms with Gasteiger partial charge in [-0.25, -0.2) is 0 Å². The minimum Gasteiger partial charge on any atom is -0.300 e. The van der Waals surface area contributed by atoms with E-state index in [0.29, 0.717) is 10.6 Å². The summed E-state index contributed by atoms with van der Waals surface area (Å²) in [6, 6.07) is 6.62. The van der Waals surface area contributed by atoms with Crippen LogP contribution in [0.15, 0.2) is 24.3 Å². The van der Waals surface area contributed by atoms with Crippen LogP contribution in [0.3, 0.4) is 0 Å². The number of nitrogens with zero attached hydrogens (tertiary/aromatic N) is 2. The van der Waals surface area contributed by atoms with E-state index in [2.05, 4.69) is 15.5 Å². The zero-order valence-electron chi connectivity index (χ0n) is 9.74. The van der Waals surface area contributed by atoms with E-state index in [1.807, 2.05) is 0 Å². The Morgan fingerprint density at radius 2 is 2.10 bits per heavy atom. The molecule has 0 saturated heterocycles. The minimum atomic E-state index is -4.56. The summed E-state index contributed by atoms with van der Waals surface area (Å²) >= 11 is 6.04. The second-order valence-electron chi connectivity index (χ2n) is 3.76. The standard InChI is InChI=1S/C11H7ClF3N3OS/c12-7-3-1-2-6(4-7)5-8(19)16-10-18-17-9(20-10)11(13,14)15/h1-4H,5H2,(H,16,18,19). The van der Waals surface area contributed by atoms with Crippen LogP contribution in [0.4, 0.5) is 18.3 Å². The number of anilines is 1. The minimum absolute atomic E-state index is 0.0124. The first-order chi connectivity index (χ1) is 9.34. The van der Waals surface area contributed by atoms with Gasteiger partial charge in [-0.15, -0.1) is 10.2 Å². The van der Waals surface area contributed by atoms with Gasteiger partial charge in [-0.3, -0.25) is 4.79 Å². The third-order valence-corrected chi connectivity index (χ3v) is 3.29. The molecule has 0 saturated carbocycles. The van der Waals surface area contributed by atoms with Gasteiger partial charge in [-0.05, 0) is 17.7 Å². The first-order valence-electron chi connectivity index (χ1n) is 5.29. The molecular weight excluding hydrogens is 315 g/mol. The van der Waals surface area contributed by atoms with Crippen molar-refractivity contribution in [3.63, 3.8) is 0 Å². The molecule has 0 bridgehead atoms. The predicted molar refractivity (Wildman–Crippen MR) is 68.7 cm³/mol. The molecule has 0 unspecified atom stereocenters. The summed E-state index contributed by atoms with van der Waals surface area (Å²) in [6.45, 7) is 0. The quantitative estimate of drug-likeness (QED) is 0.942. The van der Waals surface area contributed by atoms with Crippen LogP contribution >= 0.6 is 22.9 Å². The SMILES string of the molecule is O=C(Cc1cccc(Cl)c1)Nc1nnc(C(F)(F)F)s1. The molecule has 1 aromatic carbocycles. The van der Waals surface area contributed by atoms with Crippen LogP contribution in [0.1, 0.15) is 10.6 Å². The molecule has 0 atom stereocenters. The lowest BCUT2D eigenvalue weighted by molar-refractivity contribution is -0.138. The molecule has 0 radical (unpaired) electrons. The Balaban J connectivity index is 2.00. The van der Waals surface area contributed by atoms with E-state index in [4.69, 9.17) is 11.6 Å². The summed E-state index contributed by atoms with van der Waals surface area (Å²) in [4.78, 5) is 11.7. The molecule has 1 N–H and O–H groups in total. The van der Waals surface area contributed by atoms with Crippen molar-refractivity contribution in [1.29, 1.82) is 0 Å². The van der Waals surface area contributed by atoms with Gasteiger partial charge in [0.25, 0.3) is 0 Å². The second-order valence-corrected chi connectivity index (χ2v) is 5.18. The maximum absolute atomic E-state index is 12.3. The van der Waals surface area contributed by atoms with Gasteiger partial charge >= 0.3 is 6.18 Å². The van der Waals surface area contributed by atoms with Gasteiger partial charge in [-0.1, -0.05) is 35.1 Å². The van der Waals surface area contributed by atoms with Crippen molar-refractivity contribution in [2.75, 3.05) is 5.32 Å². The topological polar surface area (TPSA) is 54.9 Å². The Bertz CT molecular complexity index is 629. The van der Waals surface area contributed by atoms with Gasteiger partial charge in [0.1, 0.15) is 0 Å². The third kappa shape index (κ3) is 3.91. The zero-order chi connectivity index (χ0) is 14.8. The van der Waals surface area contributed by atoms with Crippen molar-refractivity contribution >= 4 is 34.0 Å². The first kappa shape index (κ1) is 14.7. The number of alkyl halides is 3. The highest BCUT2D eigenvalue weighted by Crippen LogP contribution is 2.32. The van der Waals surface area contributed by atoms with Crippen LogP contribution in [-0.4, -0.2) is 16.1 Å². The highest BCUT2D eigenvalue weighted by atomic mass is 35.5. The Kier molecular flexibility index (Phi) is 4.24. The number of carbonyl (C=O) groups is 1. The Morgan fingerprint density at radius 1 is 1.35 bits per heavy atom. The fourth-order valence-corrected chi connectivity index (χ4v) is 2.22.